The van der Waals surface area contributed by atoms with Crippen LogP contribution >= 0.6 is 15.9 Å². The van der Waals surface area contributed by atoms with Crippen LogP contribution in [0, 0.1) is 5.92 Å². The highest BCUT2D eigenvalue weighted by Gasteiger charge is 2.15. The van der Waals surface area contributed by atoms with E-state index in [1.54, 1.807) is 0 Å². The van der Waals surface area contributed by atoms with Gasteiger partial charge in [-0.2, -0.15) is 0 Å². The molecule has 0 bridgehead atoms. The Labute approximate surface area is 100 Å². The molecule has 2 rings (SSSR count). The first-order valence-corrected chi connectivity index (χ1v) is 6.56. The van der Waals surface area contributed by atoms with E-state index in [1.165, 1.54) is 41.5 Å². The highest BCUT2D eigenvalue weighted by atomic mass is 79.9. The van der Waals surface area contributed by atoms with Gasteiger partial charge >= 0.3 is 0 Å². The van der Waals surface area contributed by atoms with E-state index in [1.807, 2.05) is 0 Å². The quantitative estimate of drug-likeness (QED) is 0.887. The number of halogens is 1. The average molecular weight is 268 g/mol. The molecule has 0 spiro atoms. The lowest BCUT2D eigenvalue weighted by Gasteiger charge is -2.10. The second-order valence-corrected chi connectivity index (χ2v) is 5.30. The van der Waals surface area contributed by atoms with Gasteiger partial charge < -0.3 is 5.32 Å². The van der Waals surface area contributed by atoms with Crippen molar-refractivity contribution in [3.05, 3.63) is 33.8 Å². The van der Waals surface area contributed by atoms with Gasteiger partial charge in [0.15, 0.2) is 0 Å². The minimum Gasteiger partial charge on any atom is -0.316 e. The Hall–Kier alpha value is -0.340. The molecule has 1 N–H and O–H groups in total. The zero-order chi connectivity index (χ0) is 10.7. The molecular formula is C13H18BrN. The lowest BCUT2D eigenvalue weighted by Crippen LogP contribution is -2.10. The summed E-state index contributed by atoms with van der Waals surface area (Å²) in [6.45, 7) is 4.59. The van der Waals surface area contributed by atoms with E-state index in [9.17, 15) is 0 Å². The zero-order valence-corrected chi connectivity index (χ0v) is 10.8. The minimum atomic E-state index is 0.837. The Morgan fingerprint density at radius 2 is 2.13 bits per heavy atom. The predicted molar refractivity (Wildman–Crippen MR) is 68.2 cm³/mol. The summed E-state index contributed by atoms with van der Waals surface area (Å²) < 4.78 is 1.22. The van der Waals surface area contributed by atoms with Crippen LogP contribution in [0.15, 0.2) is 22.7 Å². The molecule has 1 aliphatic rings. The number of rotatable bonds is 3. The van der Waals surface area contributed by atoms with Crippen LogP contribution in [0.25, 0.3) is 0 Å². The maximum Gasteiger partial charge on any atom is 0.0180 e. The molecule has 1 heterocycles. The molecule has 1 nitrogen and oxygen atoms in total. The van der Waals surface area contributed by atoms with Crippen molar-refractivity contribution in [1.29, 1.82) is 0 Å². The smallest absolute Gasteiger partial charge is 0.0180 e. The standard InChI is InChI=1S/C13H18BrN/c1-2-10-5-12(8-13(14)7-10)6-11-3-4-15-9-11/h5,7-8,11,15H,2-4,6,9H2,1H3. The Balaban J connectivity index is 2.09. The van der Waals surface area contributed by atoms with E-state index in [0.717, 1.165) is 12.3 Å². The van der Waals surface area contributed by atoms with E-state index >= 15 is 0 Å². The van der Waals surface area contributed by atoms with Crippen LogP contribution in [0.3, 0.4) is 0 Å². The SMILES string of the molecule is CCc1cc(Br)cc(CC2CCNC2)c1. The summed E-state index contributed by atoms with van der Waals surface area (Å²) >= 11 is 3.59. The summed E-state index contributed by atoms with van der Waals surface area (Å²) in [5, 5.41) is 3.42. The van der Waals surface area contributed by atoms with Gasteiger partial charge in [0.25, 0.3) is 0 Å². The molecule has 0 aliphatic carbocycles. The first-order valence-electron chi connectivity index (χ1n) is 5.77. The van der Waals surface area contributed by atoms with E-state index < -0.39 is 0 Å². The highest BCUT2D eigenvalue weighted by Crippen LogP contribution is 2.21. The topological polar surface area (TPSA) is 12.0 Å². The molecule has 1 saturated heterocycles. The van der Waals surface area contributed by atoms with Gasteiger partial charge in [-0.05, 0) is 61.5 Å². The normalized spacial score (nSPS) is 20.8. The average Bonchev–Trinajstić information content (AvgIpc) is 2.69. The van der Waals surface area contributed by atoms with Crippen LogP contribution in [0.1, 0.15) is 24.5 Å². The van der Waals surface area contributed by atoms with Gasteiger partial charge in [-0.1, -0.05) is 28.9 Å². The Morgan fingerprint density at radius 1 is 1.33 bits per heavy atom. The summed E-state index contributed by atoms with van der Waals surface area (Å²) in [7, 11) is 0. The summed E-state index contributed by atoms with van der Waals surface area (Å²) in [6, 6.07) is 6.83. The van der Waals surface area contributed by atoms with Gasteiger partial charge in [0.2, 0.25) is 0 Å². The molecule has 2 heteroatoms. The van der Waals surface area contributed by atoms with Crippen molar-refractivity contribution in [2.75, 3.05) is 13.1 Å². The second-order valence-electron chi connectivity index (χ2n) is 4.38. The number of hydrogen-bond donors (Lipinski definition) is 1. The fourth-order valence-electron chi connectivity index (χ4n) is 2.26. The fraction of sp³-hybridized carbons (Fsp3) is 0.538. The number of nitrogens with one attached hydrogen (secondary N) is 1. The maximum atomic E-state index is 3.59. The molecular weight excluding hydrogens is 250 g/mol. The molecule has 0 saturated carbocycles. The van der Waals surface area contributed by atoms with Gasteiger partial charge in [-0.3, -0.25) is 0 Å². The van der Waals surface area contributed by atoms with Crippen molar-refractivity contribution in [3.63, 3.8) is 0 Å². The van der Waals surface area contributed by atoms with Crippen LogP contribution in [-0.2, 0) is 12.8 Å². The minimum absolute atomic E-state index is 0.837. The van der Waals surface area contributed by atoms with Crippen LogP contribution in [0.4, 0.5) is 0 Å². The van der Waals surface area contributed by atoms with Crippen molar-refractivity contribution < 1.29 is 0 Å². The molecule has 15 heavy (non-hydrogen) atoms. The van der Waals surface area contributed by atoms with Gasteiger partial charge in [0.05, 0.1) is 0 Å². The lowest BCUT2D eigenvalue weighted by molar-refractivity contribution is 0.580. The molecule has 1 aliphatic heterocycles. The van der Waals surface area contributed by atoms with Gasteiger partial charge in [-0.25, -0.2) is 0 Å². The van der Waals surface area contributed by atoms with Crippen molar-refractivity contribution in [3.8, 4) is 0 Å². The van der Waals surface area contributed by atoms with Crippen LogP contribution in [0.5, 0.6) is 0 Å². The predicted octanol–water partition coefficient (Wildman–Crippen LogP) is 3.16. The molecule has 0 amide bonds. The Morgan fingerprint density at radius 3 is 2.80 bits per heavy atom. The van der Waals surface area contributed by atoms with Crippen molar-refractivity contribution in [2.45, 2.75) is 26.2 Å². The summed E-state index contributed by atoms with van der Waals surface area (Å²) in [4.78, 5) is 0. The molecule has 0 aromatic heterocycles. The Kier molecular flexibility index (Phi) is 3.81. The first-order chi connectivity index (χ1) is 7.28. The fourth-order valence-corrected chi connectivity index (χ4v) is 2.85. The second kappa shape index (κ2) is 5.13. The van der Waals surface area contributed by atoms with E-state index in [0.29, 0.717) is 0 Å². The third-order valence-electron chi connectivity index (χ3n) is 3.11. The zero-order valence-electron chi connectivity index (χ0n) is 9.22. The van der Waals surface area contributed by atoms with E-state index in [2.05, 4.69) is 46.4 Å². The van der Waals surface area contributed by atoms with E-state index in [-0.39, 0.29) is 0 Å². The summed E-state index contributed by atoms with van der Waals surface area (Å²) in [5.41, 5.74) is 2.92. The largest absolute Gasteiger partial charge is 0.316 e. The lowest BCUT2D eigenvalue weighted by atomic mass is 9.97. The number of aryl methyl sites for hydroxylation is 1. The monoisotopic (exact) mass is 267 g/mol. The summed E-state index contributed by atoms with van der Waals surface area (Å²) in [6.07, 6.45) is 3.67. The third kappa shape index (κ3) is 3.05. The van der Waals surface area contributed by atoms with Crippen molar-refractivity contribution in [1.82, 2.24) is 5.32 Å². The number of hydrogen-bond acceptors (Lipinski definition) is 1. The van der Waals surface area contributed by atoms with Gasteiger partial charge in [-0.15, -0.1) is 0 Å². The summed E-state index contributed by atoms with van der Waals surface area (Å²) in [5.74, 6) is 0.837. The molecule has 82 valence electrons. The number of benzene rings is 1. The molecule has 1 aromatic rings. The van der Waals surface area contributed by atoms with Crippen molar-refractivity contribution in [2.24, 2.45) is 5.92 Å². The molecule has 1 atom stereocenters. The van der Waals surface area contributed by atoms with Crippen LogP contribution in [-0.4, -0.2) is 13.1 Å². The highest BCUT2D eigenvalue weighted by molar-refractivity contribution is 9.10. The van der Waals surface area contributed by atoms with Gasteiger partial charge in [0, 0.05) is 4.47 Å². The van der Waals surface area contributed by atoms with Gasteiger partial charge in [0.1, 0.15) is 0 Å². The van der Waals surface area contributed by atoms with Crippen molar-refractivity contribution >= 4 is 15.9 Å². The molecule has 1 fully saturated rings. The Bertz CT molecular complexity index is 329. The molecule has 1 unspecified atom stereocenters. The molecule has 0 radical (unpaired) electrons. The third-order valence-corrected chi connectivity index (χ3v) is 3.57. The molecule has 1 aromatic carbocycles. The first kappa shape index (κ1) is 11.2. The van der Waals surface area contributed by atoms with Crippen LogP contribution in [0.2, 0.25) is 0 Å². The van der Waals surface area contributed by atoms with Crippen LogP contribution < -0.4 is 5.32 Å². The van der Waals surface area contributed by atoms with E-state index in [4.69, 9.17) is 0 Å². The maximum absolute atomic E-state index is 3.59.